The van der Waals surface area contributed by atoms with E-state index in [0.29, 0.717) is 28.4 Å². The van der Waals surface area contributed by atoms with Crippen molar-refractivity contribution in [3.8, 4) is 22.8 Å². The summed E-state index contributed by atoms with van der Waals surface area (Å²) in [4.78, 5) is 4.42. The van der Waals surface area contributed by atoms with E-state index in [-0.39, 0.29) is 0 Å². The van der Waals surface area contributed by atoms with Crippen LogP contribution in [0.3, 0.4) is 0 Å². The highest BCUT2D eigenvalue weighted by Crippen LogP contribution is 2.25. The summed E-state index contributed by atoms with van der Waals surface area (Å²) < 4.78 is 6.79. The average molecular weight is 364 g/mol. The van der Waals surface area contributed by atoms with Crippen LogP contribution in [0.2, 0.25) is 0 Å². The van der Waals surface area contributed by atoms with Gasteiger partial charge >= 0.3 is 0 Å². The molecule has 2 heterocycles. The molecule has 0 amide bonds. The minimum absolute atomic E-state index is 0.461. The van der Waals surface area contributed by atoms with E-state index in [0.717, 1.165) is 11.1 Å². The SMILES string of the molecule is Cc1ccc(-c2noc(CSc3nnc(-c4ccccc4)n3N)n2)cc1. The van der Waals surface area contributed by atoms with Crippen molar-refractivity contribution in [2.24, 2.45) is 0 Å². The number of nitrogen functional groups attached to an aromatic ring is 1. The maximum atomic E-state index is 6.11. The van der Waals surface area contributed by atoms with Crippen LogP contribution in [-0.4, -0.2) is 25.0 Å². The van der Waals surface area contributed by atoms with Gasteiger partial charge in [0.15, 0.2) is 5.82 Å². The van der Waals surface area contributed by atoms with E-state index < -0.39 is 0 Å². The Morgan fingerprint density at radius 3 is 2.54 bits per heavy atom. The molecule has 0 saturated heterocycles. The number of hydrogen-bond acceptors (Lipinski definition) is 7. The van der Waals surface area contributed by atoms with Gasteiger partial charge in [0, 0.05) is 11.1 Å². The molecule has 0 fully saturated rings. The minimum atomic E-state index is 0.461. The molecule has 0 atom stereocenters. The lowest BCUT2D eigenvalue weighted by Gasteiger charge is -2.02. The molecule has 0 bridgehead atoms. The molecule has 2 aromatic carbocycles. The summed E-state index contributed by atoms with van der Waals surface area (Å²) in [5, 5.41) is 12.9. The van der Waals surface area contributed by atoms with Crippen LogP contribution in [0, 0.1) is 6.92 Å². The highest BCUT2D eigenvalue weighted by molar-refractivity contribution is 7.98. The first-order valence-electron chi connectivity index (χ1n) is 7.99. The molecule has 0 aliphatic heterocycles. The van der Waals surface area contributed by atoms with E-state index in [1.165, 1.54) is 22.0 Å². The molecule has 0 saturated carbocycles. The third-order valence-electron chi connectivity index (χ3n) is 3.80. The minimum Gasteiger partial charge on any atom is -0.338 e. The lowest BCUT2D eigenvalue weighted by molar-refractivity contribution is 0.391. The zero-order chi connectivity index (χ0) is 17.9. The van der Waals surface area contributed by atoms with Gasteiger partial charge in [-0.2, -0.15) is 4.98 Å². The van der Waals surface area contributed by atoms with Crippen molar-refractivity contribution in [2.45, 2.75) is 17.8 Å². The van der Waals surface area contributed by atoms with Crippen LogP contribution in [0.1, 0.15) is 11.5 Å². The van der Waals surface area contributed by atoms with Crippen molar-refractivity contribution < 1.29 is 4.52 Å². The number of rotatable bonds is 5. The van der Waals surface area contributed by atoms with E-state index in [4.69, 9.17) is 10.4 Å². The Bertz CT molecular complexity index is 1010. The van der Waals surface area contributed by atoms with Crippen molar-refractivity contribution in [1.82, 2.24) is 25.0 Å². The van der Waals surface area contributed by atoms with Crippen LogP contribution < -0.4 is 5.84 Å². The smallest absolute Gasteiger partial charge is 0.237 e. The lowest BCUT2D eigenvalue weighted by atomic mass is 10.1. The number of aryl methyl sites for hydroxylation is 1. The van der Waals surface area contributed by atoms with Gasteiger partial charge in [0.05, 0.1) is 5.75 Å². The summed E-state index contributed by atoms with van der Waals surface area (Å²) in [6.07, 6.45) is 0. The maximum absolute atomic E-state index is 6.11. The Morgan fingerprint density at radius 1 is 1.00 bits per heavy atom. The first-order chi connectivity index (χ1) is 12.7. The van der Waals surface area contributed by atoms with Gasteiger partial charge in [-0.3, -0.25) is 0 Å². The molecule has 8 heteroatoms. The van der Waals surface area contributed by atoms with Crippen LogP contribution >= 0.6 is 11.8 Å². The third-order valence-corrected chi connectivity index (χ3v) is 4.73. The van der Waals surface area contributed by atoms with Crippen molar-refractivity contribution in [3.63, 3.8) is 0 Å². The van der Waals surface area contributed by atoms with Crippen LogP contribution in [0.15, 0.2) is 64.3 Å². The number of thioether (sulfide) groups is 1. The Kier molecular flexibility index (Phi) is 4.40. The van der Waals surface area contributed by atoms with E-state index in [1.807, 2.05) is 61.5 Å². The summed E-state index contributed by atoms with van der Waals surface area (Å²) in [7, 11) is 0. The molecule has 0 spiro atoms. The van der Waals surface area contributed by atoms with Gasteiger partial charge in [-0.05, 0) is 6.92 Å². The van der Waals surface area contributed by atoms with Crippen molar-refractivity contribution >= 4 is 11.8 Å². The number of aromatic nitrogens is 5. The first kappa shape index (κ1) is 16.3. The largest absolute Gasteiger partial charge is 0.338 e. The zero-order valence-corrected chi connectivity index (χ0v) is 14.8. The van der Waals surface area contributed by atoms with Gasteiger partial charge < -0.3 is 10.4 Å². The van der Waals surface area contributed by atoms with Gasteiger partial charge in [0.25, 0.3) is 0 Å². The Morgan fingerprint density at radius 2 is 1.77 bits per heavy atom. The fourth-order valence-corrected chi connectivity index (χ4v) is 3.11. The van der Waals surface area contributed by atoms with E-state index in [2.05, 4.69) is 20.3 Å². The van der Waals surface area contributed by atoms with Gasteiger partial charge in [-0.1, -0.05) is 77.1 Å². The van der Waals surface area contributed by atoms with Crippen molar-refractivity contribution in [1.29, 1.82) is 0 Å². The molecule has 0 aliphatic carbocycles. The van der Waals surface area contributed by atoms with Crippen LogP contribution in [0.5, 0.6) is 0 Å². The topological polar surface area (TPSA) is 95.7 Å². The molecule has 4 aromatic rings. The number of nitrogens with two attached hydrogens (primary N) is 1. The Balaban J connectivity index is 1.47. The summed E-state index contributed by atoms with van der Waals surface area (Å²) in [6, 6.07) is 17.7. The molecule has 130 valence electrons. The molecule has 0 aliphatic rings. The molecule has 4 rings (SSSR count). The second-order valence-electron chi connectivity index (χ2n) is 5.71. The van der Waals surface area contributed by atoms with E-state index in [9.17, 15) is 0 Å². The molecule has 2 N–H and O–H groups in total. The lowest BCUT2D eigenvalue weighted by Crippen LogP contribution is -2.11. The standard InChI is InChI=1S/C18H16N6OS/c1-12-7-9-13(10-8-12)16-20-15(25-23-16)11-26-18-22-21-17(24(18)19)14-5-3-2-4-6-14/h2-10H,11,19H2,1H3. The van der Waals surface area contributed by atoms with Gasteiger partial charge in [0.1, 0.15) is 0 Å². The fourth-order valence-electron chi connectivity index (χ4n) is 2.42. The highest BCUT2D eigenvalue weighted by Gasteiger charge is 2.14. The average Bonchev–Trinajstić information content (AvgIpc) is 3.28. The van der Waals surface area contributed by atoms with Crippen molar-refractivity contribution in [2.75, 3.05) is 5.84 Å². The second kappa shape index (κ2) is 7.01. The summed E-state index contributed by atoms with van der Waals surface area (Å²) in [5.74, 6) is 8.26. The summed E-state index contributed by atoms with van der Waals surface area (Å²) in [5.41, 5.74) is 3.02. The van der Waals surface area contributed by atoms with Crippen molar-refractivity contribution in [3.05, 3.63) is 66.1 Å². The zero-order valence-electron chi connectivity index (χ0n) is 14.0. The molecular weight excluding hydrogens is 348 g/mol. The third kappa shape index (κ3) is 3.31. The van der Waals surface area contributed by atoms with Gasteiger partial charge in [-0.15, -0.1) is 10.2 Å². The number of hydrogen-bond donors (Lipinski definition) is 1. The Labute approximate surface area is 154 Å². The van der Waals surface area contributed by atoms with E-state index in [1.54, 1.807) is 0 Å². The van der Waals surface area contributed by atoms with Crippen LogP contribution in [0.25, 0.3) is 22.8 Å². The normalized spacial score (nSPS) is 11.0. The predicted octanol–water partition coefficient (Wildman–Crippen LogP) is 3.31. The Hall–Kier alpha value is -3.13. The second-order valence-corrected chi connectivity index (χ2v) is 6.65. The summed E-state index contributed by atoms with van der Waals surface area (Å²) >= 11 is 1.39. The van der Waals surface area contributed by atoms with Gasteiger partial charge in [-0.25, -0.2) is 4.68 Å². The molecule has 0 radical (unpaired) electrons. The summed E-state index contributed by atoms with van der Waals surface area (Å²) in [6.45, 7) is 2.04. The molecule has 0 unspecified atom stereocenters. The quantitative estimate of drug-likeness (QED) is 0.429. The molecule has 2 aromatic heterocycles. The first-order valence-corrected chi connectivity index (χ1v) is 8.97. The predicted molar refractivity (Wildman–Crippen MR) is 99.6 cm³/mol. The highest BCUT2D eigenvalue weighted by atomic mass is 32.2. The maximum Gasteiger partial charge on any atom is 0.237 e. The van der Waals surface area contributed by atoms with Crippen LogP contribution in [-0.2, 0) is 5.75 Å². The number of nitrogens with zero attached hydrogens (tertiary/aromatic N) is 5. The fraction of sp³-hybridized carbons (Fsp3) is 0.111. The van der Waals surface area contributed by atoms with Crippen LogP contribution in [0.4, 0.5) is 0 Å². The number of benzene rings is 2. The van der Waals surface area contributed by atoms with E-state index >= 15 is 0 Å². The molecule has 26 heavy (non-hydrogen) atoms. The monoisotopic (exact) mass is 364 g/mol. The van der Waals surface area contributed by atoms with Gasteiger partial charge in [0.2, 0.25) is 16.9 Å². The molecule has 7 nitrogen and oxygen atoms in total. The molecular formula is C18H16N6OS.